The number of aliphatic carboxylic acids is 1. The molecule has 38 heavy (non-hydrogen) atoms. The first-order valence-corrected chi connectivity index (χ1v) is 13.4. The maximum atomic E-state index is 13.6. The molecule has 5 rings (SSSR count). The topological polar surface area (TPSA) is 83.4 Å². The van der Waals surface area contributed by atoms with Crippen molar-refractivity contribution in [3.63, 3.8) is 0 Å². The minimum Gasteiger partial charge on any atom is -0.481 e. The lowest BCUT2D eigenvalue weighted by Gasteiger charge is -2.33. The van der Waals surface area contributed by atoms with Gasteiger partial charge in [-0.1, -0.05) is 48.0 Å². The van der Waals surface area contributed by atoms with Gasteiger partial charge in [-0.15, -0.1) is 0 Å². The zero-order valence-electron chi connectivity index (χ0n) is 21.4. The molecule has 1 aromatic heterocycles. The first-order chi connectivity index (χ1) is 18.4. The van der Waals surface area contributed by atoms with Gasteiger partial charge < -0.3 is 10.0 Å². The lowest BCUT2D eigenvalue weighted by molar-refractivity contribution is -0.137. The Kier molecular flexibility index (Phi) is 7.70. The molecule has 1 unspecified atom stereocenters. The molecule has 0 bridgehead atoms. The number of carbonyl (C=O) groups excluding carboxylic acids is 1. The quantitative estimate of drug-likeness (QED) is 0.252. The number of halogens is 1. The fourth-order valence-corrected chi connectivity index (χ4v) is 5.49. The highest BCUT2D eigenvalue weighted by molar-refractivity contribution is 6.30. The lowest BCUT2D eigenvalue weighted by atomic mass is 9.86. The summed E-state index contributed by atoms with van der Waals surface area (Å²) in [5.41, 5.74) is 6.88. The SMILES string of the molecule is CN(C(=O)c1ccc2nc(-c3ccccc3)c(CCCCC(=O)O)nc2c1)C1CCCc2cc(Cl)ccc21. The summed E-state index contributed by atoms with van der Waals surface area (Å²) in [4.78, 5) is 36.2. The van der Waals surface area contributed by atoms with Crippen molar-refractivity contribution < 1.29 is 14.7 Å². The van der Waals surface area contributed by atoms with Gasteiger partial charge in [0.25, 0.3) is 5.91 Å². The zero-order chi connectivity index (χ0) is 26.6. The molecular formula is C31H30ClN3O3. The van der Waals surface area contributed by atoms with Crippen LogP contribution in [0.3, 0.4) is 0 Å². The van der Waals surface area contributed by atoms with Gasteiger partial charge in [-0.3, -0.25) is 9.59 Å². The molecule has 1 N–H and O–H groups in total. The van der Waals surface area contributed by atoms with Crippen LogP contribution >= 0.6 is 11.6 Å². The number of carboxylic acid groups (broad SMARTS) is 1. The van der Waals surface area contributed by atoms with Gasteiger partial charge in [0.05, 0.1) is 28.5 Å². The normalized spacial score (nSPS) is 14.7. The maximum Gasteiger partial charge on any atom is 0.303 e. The maximum absolute atomic E-state index is 13.6. The van der Waals surface area contributed by atoms with Crippen LogP contribution in [0.15, 0.2) is 66.7 Å². The van der Waals surface area contributed by atoms with Crippen molar-refractivity contribution >= 4 is 34.5 Å². The number of rotatable bonds is 8. The van der Waals surface area contributed by atoms with E-state index in [1.807, 2.05) is 78.7 Å². The van der Waals surface area contributed by atoms with E-state index in [0.717, 1.165) is 52.3 Å². The highest BCUT2D eigenvalue weighted by atomic mass is 35.5. The van der Waals surface area contributed by atoms with Crippen molar-refractivity contribution in [2.75, 3.05) is 7.05 Å². The Morgan fingerprint density at radius 1 is 1.00 bits per heavy atom. The number of unbranched alkanes of at least 4 members (excludes halogenated alkanes) is 1. The van der Waals surface area contributed by atoms with Crippen LogP contribution in [-0.2, 0) is 17.6 Å². The van der Waals surface area contributed by atoms with E-state index >= 15 is 0 Å². The van der Waals surface area contributed by atoms with Gasteiger partial charge in [0.15, 0.2) is 0 Å². The third-order valence-corrected chi connectivity index (χ3v) is 7.50. The summed E-state index contributed by atoms with van der Waals surface area (Å²) in [6.07, 6.45) is 4.89. The number of carbonyl (C=O) groups is 2. The number of amides is 1. The number of aryl methyl sites for hydroxylation is 2. The Hall–Kier alpha value is -3.77. The van der Waals surface area contributed by atoms with Gasteiger partial charge in [0.2, 0.25) is 0 Å². The third-order valence-electron chi connectivity index (χ3n) is 7.26. The highest BCUT2D eigenvalue weighted by Gasteiger charge is 2.28. The van der Waals surface area contributed by atoms with Gasteiger partial charge in [0.1, 0.15) is 0 Å². The summed E-state index contributed by atoms with van der Waals surface area (Å²) in [5, 5.41) is 9.73. The van der Waals surface area contributed by atoms with E-state index in [1.165, 1.54) is 5.56 Å². The molecule has 1 aliphatic rings. The summed E-state index contributed by atoms with van der Waals surface area (Å²) < 4.78 is 0. The molecule has 1 heterocycles. The molecule has 194 valence electrons. The van der Waals surface area contributed by atoms with Gasteiger partial charge in [-0.2, -0.15) is 0 Å². The van der Waals surface area contributed by atoms with E-state index in [0.29, 0.717) is 30.3 Å². The second-order valence-corrected chi connectivity index (χ2v) is 10.3. The Balaban J connectivity index is 1.45. The Morgan fingerprint density at radius 2 is 1.82 bits per heavy atom. The van der Waals surface area contributed by atoms with Crippen LogP contribution in [0, 0.1) is 0 Å². The fourth-order valence-electron chi connectivity index (χ4n) is 5.30. The molecule has 1 amide bonds. The summed E-state index contributed by atoms with van der Waals surface area (Å²) >= 11 is 6.22. The second kappa shape index (κ2) is 11.3. The van der Waals surface area contributed by atoms with Crippen LogP contribution < -0.4 is 0 Å². The Bertz CT molecular complexity index is 1490. The molecule has 0 aliphatic heterocycles. The van der Waals surface area contributed by atoms with Crippen LogP contribution in [0.1, 0.15) is 65.3 Å². The second-order valence-electron chi connectivity index (χ2n) is 9.86. The number of aromatic nitrogens is 2. The summed E-state index contributed by atoms with van der Waals surface area (Å²) in [5.74, 6) is -0.856. The molecule has 0 saturated carbocycles. The summed E-state index contributed by atoms with van der Waals surface area (Å²) in [6, 6.07) is 21.3. The largest absolute Gasteiger partial charge is 0.481 e. The van der Waals surface area contributed by atoms with Crippen molar-refractivity contribution in [1.82, 2.24) is 14.9 Å². The monoisotopic (exact) mass is 527 g/mol. The first-order valence-electron chi connectivity index (χ1n) is 13.0. The minimum atomic E-state index is -0.797. The molecule has 0 saturated heterocycles. The van der Waals surface area contributed by atoms with E-state index in [9.17, 15) is 9.59 Å². The number of benzene rings is 3. The predicted molar refractivity (Wildman–Crippen MR) is 149 cm³/mol. The van der Waals surface area contributed by atoms with E-state index in [2.05, 4.69) is 0 Å². The lowest BCUT2D eigenvalue weighted by Crippen LogP contribution is -2.33. The molecule has 0 spiro atoms. The molecule has 7 heteroatoms. The average Bonchev–Trinajstić information content (AvgIpc) is 2.93. The van der Waals surface area contributed by atoms with Gasteiger partial charge in [-0.05, 0) is 80.0 Å². The van der Waals surface area contributed by atoms with E-state index in [-0.39, 0.29) is 18.4 Å². The van der Waals surface area contributed by atoms with Crippen LogP contribution in [0.25, 0.3) is 22.3 Å². The number of carboxylic acids is 1. The Morgan fingerprint density at radius 3 is 2.61 bits per heavy atom. The van der Waals surface area contributed by atoms with E-state index < -0.39 is 5.97 Å². The fraction of sp³-hybridized carbons (Fsp3) is 0.290. The first kappa shape index (κ1) is 25.9. The van der Waals surface area contributed by atoms with Gasteiger partial charge in [0, 0.05) is 29.6 Å². The molecule has 6 nitrogen and oxygen atoms in total. The molecule has 1 atom stereocenters. The number of hydrogen-bond donors (Lipinski definition) is 1. The Labute approximate surface area is 227 Å². The van der Waals surface area contributed by atoms with Crippen molar-refractivity contribution in [1.29, 1.82) is 0 Å². The average molecular weight is 528 g/mol. The van der Waals surface area contributed by atoms with Crippen LogP contribution in [0.4, 0.5) is 0 Å². The highest BCUT2D eigenvalue weighted by Crippen LogP contribution is 2.36. The molecule has 0 radical (unpaired) electrons. The van der Waals surface area contributed by atoms with Crippen LogP contribution in [0.5, 0.6) is 0 Å². The van der Waals surface area contributed by atoms with Crippen molar-refractivity contribution in [3.8, 4) is 11.3 Å². The van der Waals surface area contributed by atoms with Crippen LogP contribution in [0.2, 0.25) is 5.02 Å². The summed E-state index contributed by atoms with van der Waals surface area (Å²) in [7, 11) is 1.86. The summed E-state index contributed by atoms with van der Waals surface area (Å²) in [6.45, 7) is 0. The van der Waals surface area contributed by atoms with Crippen LogP contribution in [-0.4, -0.2) is 38.9 Å². The third kappa shape index (κ3) is 5.55. The molecule has 3 aromatic carbocycles. The standard InChI is InChI=1S/C31H30ClN3O3/c1-35(28-12-7-10-21-18-23(32)15-16-24(21)28)31(38)22-14-17-25-27(19-22)33-26(11-5-6-13-29(36)37)30(34-25)20-8-3-2-4-9-20/h2-4,8-9,14-19,28H,5-7,10-13H2,1H3,(H,36,37). The molecular weight excluding hydrogens is 498 g/mol. The number of fused-ring (bicyclic) bond motifs is 2. The van der Waals surface area contributed by atoms with E-state index in [1.54, 1.807) is 0 Å². The van der Waals surface area contributed by atoms with Crippen molar-refractivity contribution in [2.24, 2.45) is 0 Å². The molecule has 1 aliphatic carbocycles. The predicted octanol–water partition coefficient (Wildman–Crippen LogP) is 6.90. The molecule has 4 aromatic rings. The number of hydrogen-bond acceptors (Lipinski definition) is 4. The molecule has 0 fully saturated rings. The van der Waals surface area contributed by atoms with Crippen molar-refractivity contribution in [3.05, 3.63) is 94.1 Å². The van der Waals surface area contributed by atoms with Crippen molar-refractivity contribution in [2.45, 2.75) is 51.0 Å². The zero-order valence-corrected chi connectivity index (χ0v) is 22.1. The number of nitrogens with zero attached hydrogens (tertiary/aromatic N) is 3. The van der Waals surface area contributed by atoms with Gasteiger partial charge in [-0.25, -0.2) is 9.97 Å². The smallest absolute Gasteiger partial charge is 0.303 e. The van der Waals surface area contributed by atoms with Gasteiger partial charge >= 0.3 is 5.97 Å². The minimum absolute atomic E-state index is 0.00412. The van der Waals surface area contributed by atoms with E-state index in [4.69, 9.17) is 26.7 Å².